The zero-order valence-corrected chi connectivity index (χ0v) is 10.5. The van der Waals surface area contributed by atoms with Gasteiger partial charge in [0.2, 0.25) is 0 Å². The topological polar surface area (TPSA) is 122 Å². The minimum absolute atomic E-state index is 0.0335. The third-order valence-electron chi connectivity index (χ3n) is 2.66. The summed E-state index contributed by atoms with van der Waals surface area (Å²) < 4.78 is 0. The number of hydrogen-bond donors (Lipinski definition) is 2. The zero-order valence-electron chi connectivity index (χ0n) is 10.5. The molecule has 0 saturated heterocycles. The first-order valence-corrected chi connectivity index (χ1v) is 5.72. The number of benzene rings is 1. The number of anilines is 2. The van der Waals surface area contributed by atoms with Gasteiger partial charge in [0.25, 0.3) is 5.69 Å². The minimum Gasteiger partial charge on any atom is -0.478 e. The van der Waals surface area contributed by atoms with Gasteiger partial charge < -0.3 is 10.4 Å². The third-order valence-corrected chi connectivity index (χ3v) is 2.66. The molecule has 0 spiro atoms. The van der Waals surface area contributed by atoms with Crippen LogP contribution in [0.4, 0.5) is 17.2 Å². The Hall–Kier alpha value is -3.29. The van der Waals surface area contributed by atoms with Gasteiger partial charge in [0.05, 0.1) is 10.6 Å². The van der Waals surface area contributed by atoms with Crippen LogP contribution in [-0.2, 0) is 0 Å². The lowest BCUT2D eigenvalue weighted by atomic mass is 10.1. The second kappa shape index (κ2) is 5.78. The van der Waals surface area contributed by atoms with Crippen molar-refractivity contribution in [1.29, 1.82) is 0 Å². The molecular weight excluding hydrogens is 278 g/mol. The molecule has 1 heterocycles. The number of carbonyl (C=O) groups excluding carboxylic acids is 1. The molecule has 0 aliphatic rings. The van der Waals surface area contributed by atoms with E-state index in [4.69, 9.17) is 5.11 Å². The molecule has 0 aliphatic heterocycles. The molecule has 106 valence electrons. The van der Waals surface area contributed by atoms with Crippen LogP contribution in [0.5, 0.6) is 0 Å². The smallest absolute Gasteiger partial charge is 0.339 e. The molecule has 0 bridgehead atoms. The number of rotatable bonds is 5. The molecule has 0 atom stereocenters. The third kappa shape index (κ3) is 3.00. The predicted molar refractivity (Wildman–Crippen MR) is 73.0 cm³/mol. The van der Waals surface area contributed by atoms with Crippen molar-refractivity contribution in [1.82, 2.24) is 4.98 Å². The molecule has 2 N–H and O–H groups in total. The maximum absolute atomic E-state index is 11.1. The summed E-state index contributed by atoms with van der Waals surface area (Å²) in [5, 5.41) is 22.4. The fourth-order valence-corrected chi connectivity index (χ4v) is 1.68. The number of hydrogen-bond acceptors (Lipinski definition) is 6. The molecule has 0 saturated carbocycles. The van der Waals surface area contributed by atoms with Gasteiger partial charge in [0.15, 0.2) is 6.29 Å². The van der Waals surface area contributed by atoms with Gasteiger partial charge in [-0.3, -0.25) is 14.9 Å². The second-order valence-electron chi connectivity index (χ2n) is 3.98. The van der Waals surface area contributed by atoms with E-state index >= 15 is 0 Å². The molecule has 2 aromatic rings. The average Bonchev–Trinajstić information content (AvgIpc) is 2.47. The summed E-state index contributed by atoms with van der Waals surface area (Å²) in [6.45, 7) is 0. The molecule has 0 amide bonds. The number of aromatic nitrogens is 1. The van der Waals surface area contributed by atoms with Gasteiger partial charge in [-0.25, -0.2) is 9.78 Å². The highest BCUT2D eigenvalue weighted by atomic mass is 16.6. The summed E-state index contributed by atoms with van der Waals surface area (Å²) in [6, 6.07) is 6.44. The van der Waals surface area contributed by atoms with Crippen molar-refractivity contribution in [2.45, 2.75) is 0 Å². The Labute approximate surface area is 118 Å². The van der Waals surface area contributed by atoms with Crippen molar-refractivity contribution in [3.8, 4) is 0 Å². The van der Waals surface area contributed by atoms with E-state index in [1.54, 1.807) is 0 Å². The zero-order chi connectivity index (χ0) is 15.4. The second-order valence-corrected chi connectivity index (χ2v) is 3.98. The lowest BCUT2D eigenvalue weighted by Crippen LogP contribution is -2.06. The molecule has 21 heavy (non-hydrogen) atoms. The van der Waals surface area contributed by atoms with Gasteiger partial charge in [0.1, 0.15) is 11.4 Å². The van der Waals surface area contributed by atoms with Gasteiger partial charge in [-0.1, -0.05) is 0 Å². The average molecular weight is 287 g/mol. The van der Waals surface area contributed by atoms with E-state index in [1.807, 2.05) is 0 Å². The lowest BCUT2D eigenvalue weighted by molar-refractivity contribution is -0.384. The van der Waals surface area contributed by atoms with Crippen molar-refractivity contribution in [3.05, 3.63) is 57.8 Å². The Balaban J connectivity index is 2.43. The van der Waals surface area contributed by atoms with Crippen LogP contribution in [0.25, 0.3) is 0 Å². The Kier molecular flexibility index (Phi) is 3.89. The maximum Gasteiger partial charge on any atom is 0.339 e. The highest BCUT2D eigenvalue weighted by molar-refractivity contribution is 5.95. The summed E-state index contributed by atoms with van der Waals surface area (Å²) in [5.41, 5.74) is -0.0437. The van der Waals surface area contributed by atoms with Crippen molar-refractivity contribution in [2.75, 3.05) is 5.32 Å². The number of nitrogens with zero attached hydrogens (tertiary/aromatic N) is 2. The van der Waals surface area contributed by atoms with Crippen molar-refractivity contribution in [3.63, 3.8) is 0 Å². The molecule has 1 aromatic carbocycles. The predicted octanol–water partition coefficient (Wildman–Crippen LogP) is 2.24. The maximum atomic E-state index is 11.1. The molecule has 0 unspecified atom stereocenters. The molecule has 0 aliphatic carbocycles. The first-order chi connectivity index (χ1) is 10.0. The highest BCUT2D eigenvalue weighted by Crippen LogP contribution is 2.24. The molecule has 0 fully saturated rings. The summed E-state index contributed by atoms with van der Waals surface area (Å²) in [6.07, 6.45) is 1.83. The first kappa shape index (κ1) is 14.1. The van der Waals surface area contributed by atoms with E-state index in [1.165, 1.54) is 30.5 Å². The summed E-state index contributed by atoms with van der Waals surface area (Å²) in [5.74, 6) is -1.14. The molecule has 0 radical (unpaired) electrons. The molecule has 8 nitrogen and oxygen atoms in total. The Morgan fingerprint density at radius 1 is 1.38 bits per heavy atom. The number of carboxylic acid groups (broad SMARTS) is 1. The normalized spacial score (nSPS) is 9.90. The van der Waals surface area contributed by atoms with Gasteiger partial charge in [-0.2, -0.15) is 0 Å². The highest BCUT2D eigenvalue weighted by Gasteiger charge is 2.14. The Morgan fingerprint density at radius 3 is 2.76 bits per heavy atom. The first-order valence-electron chi connectivity index (χ1n) is 5.72. The standard InChI is InChI=1S/C13H9N3O5/c17-7-8-6-9(16(20)21)3-4-11(8)15-12-10(13(18)19)2-1-5-14-12/h1-7H,(H,14,15)(H,18,19). The van der Waals surface area contributed by atoms with Crippen molar-refractivity contribution in [2.24, 2.45) is 0 Å². The molecule has 1 aromatic heterocycles. The van der Waals surface area contributed by atoms with Gasteiger partial charge >= 0.3 is 5.97 Å². The monoisotopic (exact) mass is 287 g/mol. The molecule has 2 rings (SSSR count). The number of aldehydes is 1. The van der Waals surface area contributed by atoms with Gasteiger partial charge in [-0.05, 0) is 18.2 Å². The van der Waals surface area contributed by atoms with E-state index in [0.29, 0.717) is 6.29 Å². The summed E-state index contributed by atoms with van der Waals surface area (Å²) in [4.78, 5) is 36.0. The number of aromatic carboxylic acids is 1. The van der Waals surface area contributed by atoms with Crippen molar-refractivity contribution < 1.29 is 19.6 Å². The quantitative estimate of drug-likeness (QED) is 0.491. The van der Waals surface area contributed by atoms with E-state index in [2.05, 4.69) is 10.3 Å². The number of pyridine rings is 1. The van der Waals surface area contributed by atoms with E-state index in [-0.39, 0.29) is 28.3 Å². The number of nitrogens with one attached hydrogen (secondary N) is 1. The van der Waals surface area contributed by atoms with Gasteiger partial charge in [0, 0.05) is 23.9 Å². The number of carbonyl (C=O) groups is 2. The van der Waals surface area contributed by atoms with Crippen LogP contribution in [0.1, 0.15) is 20.7 Å². The number of non-ortho nitro benzene ring substituents is 1. The fourth-order valence-electron chi connectivity index (χ4n) is 1.68. The fraction of sp³-hybridized carbons (Fsp3) is 0. The van der Waals surface area contributed by atoms with Crippen LogP contribution in [0.2, 0.25) is 0 Å². The van der Waals surface area contributed by atoms with Crippen LogP contribution in [0, 0.1) is 10.1 Å². The SMILES string of the molecule is O=Cc1cc([N+](=O)[O-])ccc1Nc1ncccc1C(=O)O. The number of carboxylic acids is 1. The van der Waals surface area contributed by atoms with E-state index in [0.717, 1.165) is 6.07 Å². The van der Waals surface area contributed by atoms with Crippen LogP contribution in [0.15, 0.2) is 36.5 Å². The van der Waals surface area contributed by atoms with Crippen molar-refractivity contribution >= 4 is 29.4 Å². The van der Waals surface area contributed by atoms with E-state index in [9.17, 15) is 19.7 Å². The van der Waals surface area contributed by atoms with Crippen LogP contribution >= 0.6 is 0 Å². The largest absolute Gasteiger partial charge is 0.478 e. The summed E-state index contributed by atoms with van der Waals surface area (Å²) in [7, 11) is 0. The molecule has 8 heteroatoms. The van der Waals surface area contributed by atoms with Crippen LogP contribution in [0.3, 0.4) is 0 Å². The van der Waals surface area contributed by atoms with E-state index < -0.39 is 10.9 Å². The Bertz CT molecular complexity index is 729. The Morgan fingerprint density at radius 2 is 2.14 bits per heavy atom. The van der Waals surface area contributed by atoms with Gasteiger partial charge in [-0.15, -0.1) is 0 Å². The number of nitro benzene ring substituents is 1. The lowest BCUT2D eigenvalue weighted by Gasteiger charge is -2.09. The molecular formula is C13H9N3O5. The summed E-state index contributed by atoms with van der Waals surface area (Å²) >= 11 is 0. The van der Waals surface area contributed by atoms with Crippen LogP contribution in [-0.4, -0.2) is 27.3 Å². The number of nitro groups is 1. The minimum atomic E-state index is -1.18. The van der Waals surface area contributed by atoms with Crippen LogP contribution < -0.4 is 5.32 Å².